The second-order valence-corrected chi connectivity index (χ2v) is 16.3. The number of fused-ring (bicyclic) bond motifs is 6. The summed E-state index contributed by atoms with van der Waals surface area (Å²) < 4.78 is 7.09. The average molecular weight is 753 g/mol. The van der Waals surface area contributed by atoms with Gasteiger partial charge in [0, 0.05) is 50.9 Å². The maximum Gasteiger partial charge on any atom is 0.144 e. The average Bonchev–Trinajstić information content (AvgIpc) is 3.95. The fourth-order valence-corrected chi connectivity index (χ4v) is 9.80. The molecular formula is C54H48N4. The minimum absolute atomic E-state index is 0.390. The first kappa shape index (κ1) is 35.7. The molecule has 2 atom stereocenters. The molecule has 0 amide bonds. The van der Waals surface area contributed by atoms with Crippen molar-refractivity contribution in [2.75, 3.05) is 0 Å². The summed E-state index contributed by atoms with van der Waals surface area (Å²) in [5, 5.41) is 5.13. The van der Waals surface area contributed by atoms with E-state index in [-0.39, 0.29) is 0 Å². The van der Waals surface area contributed by atoms with E-state index in [1.165, 1.54) is 77.1 Å². The standard InChI is InChI=1S/C54H48N4/c1-6-39(40-22-24-41(25-23-40)54-55-28-29-56(54)53-37(4)30-35(2)31-38(53)5)32-36(3)42-26-27-52-48(33-42)47-18-9-12-21-51(47)58(52)44-15-13-14-43(34-44)57-49-19-10-7-16-45(49)46-17-8-11-20-50(46)57/h7-31,33-34,36,39H,6,32H2,1-5H3. The molecule has 3 heterocycles. The topological polar surface area (TPSA) is 27.7 Å². The second-order valence-electron chi connectivity index (χ2n) is 16.3. The molecule has 7 aromatic carbocycles. The second kappa shape index (κ2) is 14.4. The van der Waals surface area contributed by atoms with Crippen LogP contribution in [0.1, 0.15) is 66.3 Å². The minimum Gasteiger partial charge on any atom is -0.309 e. The quantitative estimate of drug-likeness (QED) is 0.144. The molecule has 0 N–H and O–H groups in total. The first-order valence-corrected chi connectivity index (χ1v) is 20.7. The van der Waals surface area contributed by atoms with Gasteiger partial charge >= 0.3 is 0 Å². The van der Waals surface area contributed by atoms with Crippen molar-refractivity contribution < 1.29 is 0 Å². The molecule has 0 aliphatic heterocycles. The Morgan fingerprint density at radius 3 is 1.66 bits per heavy atom. The molecule has 0 bridgehead atoms. The van der Waals surface area contributed by atoms with Gasteiger partial charge in [-0.05, 0) is 116 Å². The van der Waals surface area contributed by atoms with Gasteiger partial charge in [-0.2, -0.15) is 0 Å². The van der Waals surface area contributed by atoms with E-state index >= 15 is 0 Å². The smallest absolute Gasteiger partial charge is 0.144 e. The lowest BCUT2D eigenvalue weighted by Crippen LogP contribution is -2.05. The maximum atomic E-state index is 4.82. The summed E-state index contributed by atoms with van der Waals surface area (Å²) in [6.07, 6.45) is 6.17. The Morgan fingerprint density at radius 2 is 1.07 bits per heavy atom. The van der Waals surface area contributed by atoms with Crippen LogP contribution in [0.2, 0.25) is 0 Å². The van der Waals surface area contributed by atoms with Crippen LogP contribution in [0.3, 0.4) is 0 Å². The molecule has 10 aromatic rings. The molecule has 10 rings (SSSR count). The number of benzene rings is 7. The highest BCUT2D eigenvalue weighted by Crippen LogP contribution is 2.39. The lowest BCUT2D eigenvalue weighted by molar-refractivity contribution is 0.545. The summed E-state index contributed by atoms with van der Waals surface area (Å²) in [5.74, 6) is 1.82. The molecule has 3 aromatic heterocycles. The Kier molecular flexibility index (Phi) is 8.86. The van der Waals surface area contributed by atoms with Gasteiger partial charge in [0.05, 0.1) is 27.8 Å². The lowest BCUT2D eigenvalue weighted by Gasteiger charge is -2.21. The number of hydrogen-bond acceptors (Lipinski definition) is 1. The van der Waals surface area contributed by atoms with E-state index in [0.29, 0.717) is 11.8 Å². The largest absolute Gasteiger partial charge is 0.309 e. The van der Waals surface area contributed by atoms with Crippen LogP contribution < -0.4 is 0 Å². The third-order valence-corrected chi connectivity index (χ3v) is 12.5. The number of rotatable bonds is 9. The van der Waals surface area contributed by atoms with Gasteiger partial charge < -0.3 is 9.13 Å². The number of nitrogens with zero attached hydrogens (tertiary/aromatic N) is 4. The fourth-order valence-electron chi connectivity index (χ4n) is 9.80. The van der Waals surface area contributed by atoms with Gasteiger partial charge in [0.2, 0.25) is 0 Å². The molecule has 0 saturated heterocycles. The molecule has 0 spiro atoms. The third kappa shape index (κ3) is 5.94. The summed E-state index contributed by atoms with van der Waals surface area (Å²) in [6.45, 7) is 11.3. The molecule has 0 aliphatic rings. The summed E-state index contributed by atoms with van der Waals surface area (Å²) >= 11 is 0. The Balaban J connectivity index is 0.962. The zero-order chi connectivity index (χ0) is 39.5. The van der Waals surface area contributed by atoms with Crippen LogP contribution in [0, 0.1) is 20.8 Å². The van der Waals surface area contributed by atoms with Crippen molar-refractivity contribution in [3.63, 3.8) is 0 Å². The van der Waals surface area contributed by atoms with Crippen molar-refractivity contribution in [2.24, 2.45) is 0 Å². The van der Waals surface area contributed by atoms with Crippen molar-refractivity contribution in [3.05, 3.63) is 192 Å². The van der Waals surface area contributed by atoms with E-state index in [1.54, 1.807) is 0 Å². The highest BCUT2D eigenvalue weighted by molar-refractivity contribution is 6.10. The van der Waals surface area contributed by atoms with Crippen molar-refractivity contribution in [2.45, 2.75) is 59.3 Å². The van der Waals surface area contributed by atoms with Crippen LogP contribution in [0.15, 0.2) is 164 Å². The van der Waals surface area contributed by atoms with Crippen LogP contribution in [0.4, 0.5) is 0 Å². The Hall–Kier alpha value is -6.65. The molecule has 0 aliphatic carbocycles. The highest BCUT2D eigenvalue weighted by Gasteiger charge is 2.20. The first-order valence-electron chi connectivity index (χ1n) is 20.7. The minimum atomic E-state index is 0.390. The van der Waals surface area contributed by atoms with Gasteiger partial charge in [-0.3, -0.25) is 4.57 Å². The predicted molar refractivity (Wildman–Crippen MR) is 244 cm³/mol. The van der Waals surface area contributed by atoms with Gasteiger partial charge in [0.15, 0.2) is 0 Å². The highest BCUT2D eigenvalue weighted by atomic mass is 15.1. The van der Waals surface area contributed by atoms with Crippen LogP contribution in [-0.2, 0) is 0 Å². The molecule has 4 nitrogen and oxygen atoms in total. The van der Waals surface area contributed by atoms with Crippen molar-refractivity contribution in [1.29, 1.82) is 0 Å². The molecular weight excluding hydrogens is 705 g/mol. The number of imidazole rings is 1. The Morgan fingerprint density at radius 1 is 0.534 bits per heavy atom. The van der Waals surface area contributed by atoms with E-state index in [1.807, 2.05) is 6.20 Å². The zero-order valence-corrected chi connectivity index (χ0v) is 33.9. The van der Waals surface area contributed by atoms with Crippen molar-refractivity contribution in [1.82, 2.24) is 18.7 Å². The fraction of sp³-hybridized carbons (Fsp3) is 0.167. The first-order chi connectivity index (χ1) is 28.4. The van der Waals surface area contributed by atoms with Gasteiger partial charge in [0.25, 0.3) is 0 Å². The summed E-state index contributed by atoms with van der Waals surface area (Å²) in [5.41, 5.74) is 16.2. The Labute approximate surface area is 340 Å². The summed E-state index contributed by atoms with van der Waals surface area (Å²) in [4.78, 5) is 4.82. The molecule has 0 fully saturated rings. The molecule has 284 valence electrons. The molecule has 4 heteroatoms. The van der Waals surface area contributed by atoms with E-state index in [2.05, 4.69) is 206 Å². The SMILES string of the molecule is CCC(CC(C)c1ccc2c(c1)c1ccccc1n2-c1cccc(-n2c3ccccc3c3ccccc32)c1)c1ccc(-c2nccn2-c2c(C)cc(C)cc2C)cc1. The van der Waals surface area contributed by atoms with Gasteiger partial charge in [-0.15, -0.1) is 0 Å². The Bertz CT molecular complexity index is 3060. The van der Waals surface area contributed by atoms with Crippen LogP contribution >= 0.6 is 0 Å². The van der Waals surface area contributed by atoms with Crippen LogP contribution in [-0.4, -0.2) is 18.7 Å². The van der Waals surface area contributed by atoms with E-state index < -0.39 is 0 Å². The van der Waals surface area contributed by atoms with Gasteiger partial charge in [-0.25, -0.2) is 4.98 Å². The summed E-state index contributed by atoms with van der Waals surface area (Å²) in [7, 11) is 0. The molecule has 58 heavy (non-hydrogen) atoms. The summed E-state index contributed by atoms with van der Waals surface area (Å²) in [6, 6.07) is 56.2. The van der Waals surface area contributed by atoms with E-state index in [0.717, 1.165) is 35.6 Å². The predicted octanol–water partition coefficient (Wildman–Crippen LogP) is 14.3. The van der Waals surface area contributed by atoms with E-state index in [4.69, 9.17) is 4.98 Å². The van der Waals surface area contributed by atoms with Gasteiger partial charge in [-0.1, -0.05) is 123 Å². The number of hydrogen-bond donors (Lipinski definition) is 0. The number of aromatic nitrogens is 4. The van der Waals surface area contributed by atoms with Gasteiger partial charge in [0.1, 0.15) is 5.82 Å². The van der Waals surface area contributed by atoms with Crippen LogP contribution in [0.25, 0.3) is 72.1 Å². The zero-order valence-electron chi connectivity index (χ0n) is 33.9. The molecule has 2 unspecified atom stereocenters. The monoisotopic (exact) mass is 752 g/mol. The normalized spacial score (nSPS) is 12.9. The molecule has 0 saturated carbocycles. The lowest BCUT2D eigenvalue weighted by atomic mass is 9.84. The number of para-hydroxylation sites is 3. The van der Waals surface area contributed by atoms with E-state index in [9.17, 15) is 0 Å². The number of aryl methyl sites for hydroxylation is 3. The van der Waals surface area contributed by atoms with Crippen molar-refractivity contribution >= 4 is 43.6 Å². The third-order valence-electron chi connectivity index (χ3n) is 12.5. The van der Waals surface area contributed by atoms with Crippen LogP contribution in [0.5, 0.6) is 0 Å². The van der Waals surface area contributed by atoms with Crippen molar-refractivity contribution in [3.8, 4) is 28.5 Å². The molecule has 0 radical (unpaired) electrons. The maximum absolute atomic E-state index is 4.82.